The molecule has 4 N–H and O–H groups in total. The lowest BCUT2D eigenvalue weighted by Crippen LogP contribution is -2.25. The van der Waals surface area contributed by atoms with Gasteiger partial charge in [-0.05, 0) is 18.3 Å². The van der Waals surface area contributed by atoms with Gasteiger partial charge in [-0.2, -0.15) is 13.2 Å². The first-order valence-electron chi connectivity index (χ1n) is 7.07. The number of hydrogen-bond donors (Lipinski definition) is 3. The molecule has 1 aromatic rings. The first-order valence-corrected chi connectivity index (χ1v) is 7.07. The molecule has 0 aliphatic heterocycles. The van der Waals surface area contributed by atoms with Gasteiger partial charge in [0.05, 0.1) is 0 Å². The van der Waals surface area contributed by atoms with Crippen LogP contribution in [0, 0.1) is 11.8 Å². The maximum Gasteiger partial charge on any atom is 0.451 e. The Balaban J connectivity index is 2.08. The van der Waals surface area contributed by atoms with Crippen LogP contribution in [0.3, 0.4) is 0 Å². The topological polar surface area (TPSA) is 75.9 Å². The molecule has 8 heteroatoms. The molecule has 1 aliphatic rings. The maximum absolute atomic E-state index is 12.7. The van der Waals surface area contributed by atoms with Crippen molar-refractivity contribution in [1.29, 1.82) is 0 Å². The van der Waals surface area contributed by atoms with Crippen molar-refractivity contribution in [2.75, 3.05) is 17.3 Å². The molecule has 2 unspecified atom stereocenters. The minimum absolute atomic E-state index is 0.0588. The van der Waals surface area contributed by atoms with E-state index in [9.17, 15) is 13.2 Å². The molecule has 0 radical (unpaired) electrons. The van der Waals surface area contributed by atoms with E-state index in [-0.39, 0.29) is 11.6 Å². The van der Waals surface area contributed by atoms with E-state index < -0.39 is 12.0 Å². The zero-order valence-corrected chi connectivity index (χ0v) is 11.9. The van der Waals surface area contributed by atoms with E-state index in [1.807, 2.05) is 0 Å². The second-order valence-corrected chi connectivity index (χ2v) is 5.51. The maximum atomic E-state index is 12.7. The Bertz CT molecular complexity index is 477. The average molecular weight is 303 g/mol. The fourth-order valence-electron chi connectivity index (χ4n) is 2.67. The molecule has 1 heterocycles. The number of hydrogen-bond acceptors (Lipinski definition) is 5. The molecule has 0 aromatic carbocycles. The third-order valence-corrected chi connectivity index (χ3v) is 3.96. The Morgan fingerprint density at radius 2 is 1.90 bits per heavy atom. The number of nitrogens with zero attached hydrogens (tertiary/aromatic N) is 2. The molecular formula is C13H20F3N5. The lowest BCUT2D eigenvalue weighted by Gasteiger charge is -2.29. The highest BCUT2D eigenvalue weighted by Gasteiger charge is 2.35. The zero-order valence-electron chi connectivity index (χ0n) is 11.9. The standard InChI is InChI=1S/C13H20F3N5/c1-8-4-2-3-5-9(8)7-18-10-6-11(21-17)20-12(19-10)13(14,15)16/h6,8-9H,2-5,7,17H2,1H3,(H2,18,19,20,21). The van der Waals surface area contributed by atoms with E-state index in [1.165, 1.54) is 25.3 Å². The largest absolute Gasteiger partial charge is 0.451 e. The van der Waals surface area contributed by atoms with Crippen LogP contribution in [0.25, 0.3) is 0 Å². The van der Waals surface area contributed by atoms with Crippen molar-refractivity contribution in [3.63, 3.8) is 0 Å². The summed E-state index contributed by atoms with van der Waals surface area (Å²) in [6.07, 6.45) is 0.0584. The van der Waals surface area contributed by atoms with Crippen molar-refractivity contribution < 1.29 is 13.2 Å². The summed E-state index contributed by atoms with van der Waals surface area (Å²) in [5.74, 6) is 5.07. The van der Waals surface area contributed by atoms with Crippen LogP contribution in [0.1, 0.15) is 38.4 Å². The molecule has 0 amide bonds. The number of nitrogens with one attached hydrogen (secondary N) is 2. The summed E-state index contributed by atoms with van der Waals surface area (Å²) in [4.78, 5) is 6.84. The van der Waals surface area contributed by atoms with Gasteiger partial charge in [-0.15, -0.1) is 0 Å². The lowest BCUT2D eigenvalue weighted by molar-refractivity contribution is -0.144. The highest BCUT2D eigenvalue weighted by molar-refractivity contribution is 5.47. The fourth-order valence-corrected chi connectivity index (χ4v) is 2.67. The van der Waals surface area contributed by atoms with Crippen LogP contribution in [-0.2, 0) is 6.18 Å². The third-order valence-electron chi connectivity index (χ3n) is 3.96. The molecule has 1 saturated carbocycles. The van der Waals surface area contributed by atoms with Crippen LogP contribution in [-0.4, -0.2) is 16.5 Å². The second kappa shape index (κ2) is 6.46. The molecule has 0 bridgehead atoms. The minimum Gasteiger partial charge on any atom is -0.370 e. The molecule has 0 saturated heterocycles. The molecule has 2 atom stereocenters. The number of anilines is 2. The van der Waals surface area contributed by atoms with Gasteiger partial charge in [0.1, 0.15) is 11.6 Å². The van der Waals surface area contributed by atoms with Gasteiger partial charge in [0.25, 0.3) is 0 Å². The van der Waals surface area contributed by atoms with Gasteiger partial charge in [-0.1, -0.05) is 26.2 Å². The first-order chi connectivity index (χ1) is 9.90. The van der Waals surface area contributed by atoms with Gasteiger partial charge < -0.3 is 10.7 Å². The van der Waals surface area contributed by atoms with Crippen molar-refractivity contribution in [3.8, 4) is 0 Å². The molecule has 0 spiro atoms. The van der Waals surface area contributed by atoms with Crippen molar-refractivity contribution in [2.24, 2.45) is 17.7 Å². The van der Waals surface area contributed by atoms with Gasteiger partial charge in [0.2, 0.25) is 5.82 Å². The van der Waals surface area contributed by atoms with Crippen LogP contribution in [0.15, 0.2) is 6.07 Å². The molecule has 1 aliphatic carbocycles. The monoisotopic (exact) mass is 303 g/mol. The third kappa shape index (κ3) is 4.20. The van der Waals surface area contributed by atoms with Crippen molar-refractivity contribution >= 4 is 11.6 Å². The van der Waals surface area contributed by atoms with Crippen LogP contribution in [0.5, 0.6) is 0 Å². The summed E-state index contributed by atoms with van der Waals surface area (Å²) in [7, 11) is 0. The van der Waals surface area contributed by atoms with Gasteiger partial charge in [0.15, 0.2) is 0 Å². The van der Waals surface area contributed by atoms with E-state index in [1.54, 1.807) is 0 Å². The minimum atomic E-state index is -4.60. The number of nitrogens with two attached hydrogens (primary N) is 1. The number of hydrazine groups is 1. The molecule has 1 aromatic heterocycles. The summed E-state index contributed by atoms with van der Waals surface area (Å²) in [5.41, 5.74) is 2.14. The van der Waals surface area contributed by atoms with Crippen LogP contribution in [0.4, 0.5) is 24.8 Å². The molecule has 5 nitrogen and oxygen atoms in total. The van der Waals surface area contributed by atoms with Crippen molar-refractivity contribution in [3.05, 3.63) is 11.9 Å². The number of aromatic nitrogens is 2. The summed E-state index contributed by atoms with van der Waals surface area (Å²) in [5, 5.41) is 2.99. The zero-order chi connectivity index (χ0) is 15.5. The Morgan fingerprint density at radius 3 is 2.52 bits per heavy atom. The first kappa shape index (κ1) is 15.8. The summed E-state index contributed by atoms with van der Waals surface area (Å²) in [6, 6.07) is 1.38. The highest BCUT2D eigenvalue weighted by Crippen LogP contribution is 2.31. The van der Waals surface area contributed by atoms with Crippen molar-refractivity contribution in [1.82, 2.24) is 9.97 Å². The number of halogens is 3. The predicted octanol–water partition coefficient (Wildman–Crippen LogP) is 3.02. The number of rotatable bonds is 4. The number of nitrogen functional groups attached to an aromatic ring is 1. The van der Waals surface area contributed by atoms with Gasteiger partial charge in [0, 0.05) is 12.6 Å². The van der Waals surface area contributed by atoms with Gasteiger partial charge in [-0.3, -0.25) is 0 Å². The van der Waals surface area contributed by atoms with Crippen LogP contribution >= 0.6 is 0 Å². The van der Waals surface area contributed by atoms with Crippen LogP contribution in [0.2, 0.25) is 0 Å². The summed E-state index contributed by atoms with van der Waals surface area (Å²) >= 11 is 0. The van der Waals surface area contributed by atoms with E-state index >= 15 is 0 Å². The molecule has 21 heavy (non-hydrogen) atoms. The summed E-state index contributed by atoms with van der Waals surface area (Å²) in [6.45, 7) is 2.79. The predicted molar refractivity (Wildman–Crippen MR) is 74.5 cm³/mol. The van der Waals surface area contributed by atoms with E-state index in [0.717, 1.165) is 6.42 Å². The van der Waals surface area contributed by atoms with Crippen LogP contribution < -0.4 is 16.6 Å². The quantitative estimate of drug-likeness (QED) is 0.589. The molecule has 2 rings (SSSR count). The Hall–Kier alpha value is -1.57. The molecular weight excluding hydrogens is 283 g/mol. The lowest BCUT2D eigenvalue weighted by atomic mass is 9.80. The Morgan fingerprint density at radius 1 is 1.24 bits per heavy atom. The summed E-state index contributed by atoms with van der Waals surface area (Å²) < 4.78 is 38.2. The Kier molecular flexibility index (Phi) is 4.87. The van der Waals surface area contributed by atoms with E-state index in [2.05, 4.69) is 27.6 Å². The SMILES string of the molecule is CC1CCCCC1CNc1cc(NN)nc(C(F)(F)F)n1. The fraction of sp³-hybridized carbons (Fsp3) is 0.692. The highest BCUT2D eigenvalue weighted by atomic mass is 19.4. The number of alkyl halides is 3. The van der Waals surface area contributed by atoms with Gasteiger partial charge in [-0.25, -0.2) is 15.8 Å². The van der Waals surface area contributed by atoms with E-state index in [0.29, 0.717) is 18.4 Å². The Labute approximate surface area is 121 Å². The van der Waals surface area contributed by atoms with Gasteiger partial charge >= 0.3 is 6.18 Å². The van der Waals surface area contributed by atoms with E-state index in [4.69, 9.17) is 5.84 Å². The molecule has 118 valence electrons. The smallest absolute Gasteiger partial charge is 0.370 e. The molecule has 1 fully saturated rings. The second-order valence-electron chi connectivity index (χ2n) is 5.51. The van der Waals surface area contributed by atoms with Crippen molar-refractivity contribution in [2.45, 2.75) is 38.8 Å². The average Bonchev–Trinajstić information content (AvgIpc) is 2.45. The normalized spacial score (nSPS) is 22.9.